The number of nitrogens with one attached hydrogen (secondary N) is 1. The van der Waals surface area contributed by atoms with Crippen molar-refractivity contribution in [3.05, 3.63) is 35.9 Å². The average molecular weight is 218 g/mol. The Morgan fingerprint density at radius 1 is 1.25 bits per heavy atom. The van der Waals surface area contributed by atoms with Gasteiger partial charge in [0.1, 0.15) is 0 Å². The van der Waals surface area contributed by atoms with Gasteiger partial charge in [-0.1, -0.05) is 36.8 Å². The van der Waals surface area contributed by atoms with Crippen LogP contribution < -0.4 is 5.32 Å². The lowest BCUT2D eigenvalue weighted by molar-refractivity contribution is 0.139. The highest BCUT2D eigenvalue weighted by atomic mass is 15.2. The maximum absolute atomic E-state index is 3.31. The van der Waals surface area contributed by atoms with Crippen LogP contribution in [0.15, 0.2) is 30.3 Å². The van der Waals surface area contributed by atoms with Crippen molar-refractivity contribution >= 4 is 0 Å². The van der Waals surface area contributed by atoms with Crippen LogP contribution in [0, 0.1) is 0 Å². The van der Waals surface area contributed by atoms with Crippen molar-refractivity contribution in [1.29, 1.82) is 0 Å². The molecule has 1 atom stereocenters. The molecule has 0 aliphatic carbocycles. The molecule has 0 amide bonds. The van der Waals surface area contributed by atoms with Crippen molar-refractivity contribution in [2.75, 3.05) is 20.1 Å². The van der Waals surface area contributed by atoms with Gasteiger partial charge >= 0.3 is 0 Å². The summed E-state index contributed by atoms with van der Waals surface area (Å²) in [5.41, 5.74) is 1.44. The molecule has 0 aromatic heterocycles. The normalized spacial score (nSPS) is 22.2. The minimum Gasteiger partial charge on any atom is -0.318 e. The standard InChI is InChI=1S/C14H22N2/c1-15-11-14-9-5-6-10-16(14)12-13-7-3-2-4-8-13/h2-4,7-8,14-15H,5-6,9-12H2,1H3/t14-/m1/s1. The predicted molar refractivity (Wildman–Crippen MR) is 68.4 cm³/mol. The van der Waals surface area contributed by atoms with Crippen molar-refractivity contribution in [2.45, 2.75) is 31.8 Å². The Labute approximate surface area is 98.7 Å². The Bertz CT molecular complexity index is 295. The number of likely N-dealkylation sites (tertiary alicyclic amines) is 1. The van der Waals surface area contributed by atoms with Gasteiger partial charge < -0.3 is 5.32 Å². The Hall–Kier alpha value is -0.860. The lowest BCUT2D eigenvalue weighted by Gasteiger charge is -2.35. The number of piperidine rings is 1. The Morgan fingerprint density at radius 2 is 2.06 bits per heavy atom. The summed E-state index contributed by atoms with van der Waals surface area (Å²) in [5.74, 6) is 0. The summed E-state index contributed by atoms with van der Waals surface area (Å²) in [7, 11) is 2.05. The molecule has 1 heterocycles. The highest BCUT2D eigenvalue weighted by Gasteiger charge is 2.21. The van der Waals surface area contributed by atoms with Crippen molar-refractivity contribution in [3.63, 3.8) is 0 Å². The van der Waals surface area contributed by atoms with E-state index < -0.39 is 0 Å². The van der Waals surface area contributed by atoms with Gasteiger partial charge in [0.15, 0.2) is 0 Å². The fourth-order valence-electron chi connectivity index (χ4n) is 2.55. The summed E-state index contributed by atoms with van der Waals surface area (Å²) < 4.78 is 0. The second kappa shape index (κ2) is 6.02. The summed E-state index contributed by atoms with van der Waals surface area (Å²) in [4.78, 5) is 2.62. The van der Waals surface area contributed by atoms with Crippen LogP contribution in [0.2, 0.25) is 0 Å². The lowest BCUT2D eigenvalue weighted by Crippen LogP contribution is -2.44. The lowest BCUT2D eigenvalue weighted by atomic mass is 10.0. The van der Waals surface area contributed by atoms with Gasteiger partial charge in [-0.2, -0.15) is 0 Å². The molecule has 0 spiro atoms. The minimum atomic E-state index is 0.721. The van der Waals surface area contributed by atoms with Crippen molar-refractivity contribution < 1.29 is 0 Å². The first-order valence-electron chi connectivity index (χ1n) is 6.32. The topological polar surface area (TPSA) is 15.3 Å². The van der Waals surface area contributed by atoms with Crippen LogP contribution in [0.25, 0.3) is 0 Å². The third kappa shape index (κ3) is 3.06. The zero-order chi connectivity index (χ0) is 11.2. The van der Waals surface area contributed by atoms with Crippen molar-refractivity contribution in [2.24, 2.45) is 0 Å². The van der Waals surface area contributed by atoms with Crippen LogP contribution in [0.5, 0.6) is 0 Å². The maximum Gasteiger partial charge on any atom is 0.0237 e. The van der Waals surface area contributed by atoms with Gasteiger partial charge in [0, 0.05) is 19.1 Å². The first kappa shape index (κ1) is 11.6. The molecular weight excluding hydrogens is 196 g/mol. The van der Waals surface area contributed by atoms with Gasteiger partial charge in [-0.3, -0.25) is 4.90 Å². The van der Waals surface area contributed by atoms with Crippen molar-refractivity contribution in [1.82, 2.24) is 10.2 Å². The fourth-order valence-corrected chi connectivity index (χ4v) is 2.55. The van der Waals surface area contributed by atoms with Crippen LogP contribution in [-0.4, -0.2) is 31.1 Å². The quantitative estimate of drug-likeness (QED) is 0.834. The number of rotatable bonds is 4. The molecule has 2 rings (SSSR count). The van der Waals surface area contributed by atoms with Crippen molar-refractivity contribution in [3.8, 4) is 0 Å². The first-order valence-corrected chi connectivity index (χ1v) is 6.32. The molecule has 1 aromatic rings. The number of likely N-dealkylation sites (N-methyl/N-ethyl adjacent to an activating group) is 1. The maximum atomic E-state index is 3.31. The van der Waals surface area contributed by atoms with Gasteiger partial charge in [-0.25, -0.2) is 0 Å². The molecule has 88 valence electrons. The second-order valence-electron chi connectivity index (χ2n) is 4.66. The Morgan fingerprint density at radius 3 is 2.81 bits per heavy atom. The predicted octanol–water partition coefficient (Wildman–Crippen LogP) is 2.26. The van der Waals surface area contributed by atoms with Gasteiger partial charge in [0.25, 0.3) is 0 Å². The summed E-state index contributed by atoms with van der Waals surface area (Å²) >= 11 is 0. The van der Waals surface area contributed by atoms with E-state index in [9.17, 15) is 0 Å². The van der Waals surface area contributed by atoms with Crippen LogP contribution in [0.1, 0.15) is 24.8 Å². The SMILES string of the molecule is CNC[C@H]1CCCCN1Cc1ccccc1. The highest BCUT2D eigenvalue weighted by molar-refractivity contribution is 5.14. The molecule has 0 radical (unpaired) electrons. The fraction of sp³-hybridized carbons (Fsp3) is 0.571. The van der Waals surface area contributed by atoms with Gasteiger partial charge in [0.2, 0.25) is 0 Å². The summed E-state index contributed by atoms with van der Waals surface area (Å²) in [5, 5.41) is 3.31. The summed E-state index contributed by atoms with van der Waals surface area (Å²) in [6.45, 7) is 3.47. The van der Waals surface area contributed by atoms with E-state index in [1.807, 2.05) is 0 Å². The molecule has 1 fully saturated rings. The van der Waals surface area contributed by atoms with E-state index in [1.54, 1.807) is 0 Å². The number of nitrogens with zero attached hydrogens (tertiary/aromatic N) is 1. The zero-order valence-electron chi connectivity index (χ0n) is 10.2. The van der Waals surface area contributed by atoms with E-state index in [-0.39, 0.29) is 0 Å². The third-order valence-electron chi connectivity index (χ3n) is 3.42. The average Bonchev–Trinajstić information content (AvgIpc) is 2.33. The van der Waals surface area contributed by atoms with E-state index in [0.29, 0.717) is 0 Å². The van der Waals surface area contributed by atoms with Crippen LogP contribution in [0.3, 0.4) is 0 Å². The van der Waals surface area contributed by atoms with Gasteiger partial charge in [-0.15, -0.1) is 0 Å². The molecule has 1 aromatic carbocycles. The van der Waals surface area contributed by atoms with Crippen LogP contribution in [-0.2, 0) is 6.54 Å². The molecule has 2 nitrogen and oxygen atoms in total. The molecule has 1 N–H and O–H groups in total. The monoisotopic (exact) mass is 218 g/mol. The van der Waals surface area contributed by atoms with Crippen LogP contribution in [0.4, 0.5) is 0 Å². The second-order valence-corrected chi connectivity index (χ2v) is 4.66. The van der Waals surface area contributed by atoms with E-state index in [2.05, 4.69) is 47.6 Å². The molecule has 0 bridgehead atoms. The molecule has 1 aliphatic rings. The summed E-state index contributed by atoms with van der Waals surface area (Å²) in [6.07, 6.45) is 4.08. The van der Waals surface area contributed by atoms with E-state index >= 15 is 0 Å². The molecule has 1 saturated heterocycles. The van der Waals surface area contributed by atoms with E-state index in [1.165, 1.54) is 31.4 Å². The molecule has 0 saturated carbocycles. The Balaban J connectivity index is 1.96. The molecule has 16 heavy (non-hydrogen) atoms. The largest absolute Gasteiger partial charge is 0.318 e. The minimum absolute atomic E-state index is 0.721. The highest BCUT2D eigenvalue weighted by Crippen LogP contribution is 2.18. The number of benzene rings is 1. The molecule has 1 aliphatic heterocycles. The number of hydrogen-bond donors (Lipinski definition) is 1. The first-order chi connectivity index (χ1) is 7.90. The van der Waals surface area contributed by atoms with E-state index in [0.717, 1.165) is 19.1 Å². The van der Waals surface area contributed by atoms with Crippen LogP contribution >= 0.6 is 0 Å². The van der Waals surface area contributed by atoms with Gasteiger partial charge in [-0.05, 0) is 32.0 Å². The molecule has 2 heteroatoms. The molecule has 0 unspecified atom stereocenters. The summed E-state index contributed by atoms with van der Waals surface area (Å²) in [6, 6.07) is 11.5. The van der Waals surface area contributed by atoms with E-state index in [4.69, 9.17) is 0 Å². The smallest absolute Gasteiger partial charge is 0.0237 e. The third-order valence-corrected chi connectivity index (χ3v) is 3.42. The molecular formula is C14H22N2. The van der Waals surface area contributed by atoms with Gasteiger partial charge in [0.05, 0.1) is 0 Å². The Kier molecular flexibility index (Phi) is 4.37. The number of hydrogen-bond acceptors (Lipinski definition) is 2. The zero-order valence-corrected chi connectivity index (χ0v) is 10.2.